The van der Waals surface area contributed by atoms with Gasteiger partial charge in [0, 0.05) is 33.7 Å². The monoisotopic (exact) mass is 914 g/mol. The summed E-state index contributed by atoms with van der Waals surface area (Å²) >= 11 is 0. The molecular formula is C69H58N2. The molecule has 1 atom stereocenters. The summed E-state index contributed by atoms with van der Waals surface area (Å²) in [7, 11) is 0. The number of rotatable bonds is 7. The SMILES string of the molecule is CC.CC(C)(C)c1ccc(N(c2ccc3cc(-c4ccc5c(c4)C4=CC=CCC4N5c4ccc5c(c4)C(c4ccccc4)(c4ccccc4)c4ccccc4-5)ccc3c2)c2cccc3ccccc23)cc1. The Morgan fingerprint density at radius 3 is 1.90 bits per heavy atom. The van der Waals surface area contributed by atoms with Crippen LogP contribution < -0.4 is 9.80 Å². The van der Waals surface area contributed by atoms with Crippen LogP contribution >= 0.6 is 0 Å². The van der Waals surface area contributed by atoms with E-state index < -0.39 is 5.41 Å². The van der Waals surface area contributed by atoms with Crippen molar-refractivity contribution in [2.75, 3.05) is 9.80 Å². The third kappa shape index (κ3) is 7.23. The van der Waals surface area contributed by atoms with Crippen molar-refractivity contribution in [3.05, 3.63) is 276 Å². The maximum Gasteiger partial charge on any atom is 0.0714 e. The first-order valence-corrected chi connectivity index (χ1v) is 25.4. The van der Waals surface area contributed by atoms with Gasteiger partial charge in [0.05, 0.1) is 17.1 Å². The zero-order chi connectivity index (χ0) is 48.3. The molecule has 1 aliphatic heterocycles. The first-order valence-electron chi connectivity index (χ1n) is 25.4. The Kier molecular flexibility index (Phi) is 10.9. The fraction of sp³-hybridized carbons (Fsp3) is 0.130. The summed E-state index contributed by atoms with van der Waals surface area (Å²) < 4.78 is 0. The van der Waals surface area contributed by atoms with Crippen LogP contribution in [0.1, 0.15) is 74.4 Å². The van der Waals surface area contributed by atoms with Crippen LogP contribution in [0.5, 0.6) is 0 Å². The molecule has 0 saturated carbocycles. The van der Waals surface area contributed by atoms with Crippen LogP contribution in [0.4, 0.5) is 28.4 Å². The fourth-order valence-corrected chi connectivity index (χ4v) is 11.8. The van der Waals surface area contributed by atoms with Gasteiger partial charge in [0.2, 0.25) is 0 Å². The predicted molar refractivity (Wildman–Crippen MR) is 303 cm³/mol. The maximum atomic E-state index is 2.61. The van der Waals surface area contributed by atoms with Crippen molar-refractivity contribution in [2.45, 2.75) is 57.9 Å². The van der Waals surface area contributed by atoms with E-state index in [1.54, 1.807) is 0 Å². The lowest BCUT2D eigenvalue weighted by Gasteiger charge is -2.35. The first-order chi connectivity index (χ1) is 34.8. The quantitative estimate of drug-likeness (QED) is 0.157. The van der Waals surface area contributed by atoms with Gasteiger partial charge in [-0.25, -0.2) is 0 Å². The van der Waals surface area contributed by atoms with Gasteiger partial charge in [-0.3, -0.25) is 0 Å². The highest BCUT2D eigenvalue weighted by molar-refractivity contribution is 6.01. The predicted octanol–water partition coefficient (Wildman–Crippen LogP) is 18.7. The lowest BCUT2D eigenvalue weighted by molar-refractivity contribution is 0.590. The molecule has 0 bridgehead atoms. The summed E-state index contributed by atoms with van der Waals surface area (Å²) in [5.41, 5.74) is 19.8. The van der Waals surface area contributed by atoms with E-state index in [2.05, 4.69) is 273 Å². The summed E-state index contributed by atoms with van der Waals surface area (Å²) in [4.78, 5) is 5.03. The molecule has 0 N–H and O–H groups in total. The Hall–Kier alpha value is -8.20. The molecule has 0 radical (unpaired) electrons. The summed E-state index contributed by atoms with van der Waals surface area (Å²) in [6, 6.07) is 84.2. The highest BCUT2D eigenvalue weighted by atomic mass is 15.2. The van der Waals surface area contributed by atoms with Crippen LogP contribution in [0.3, 0.4) is 0 Å². The average Bonchev–Trinajstić information content (AvgIpc) is 3.92. The van der Waals surface area contributed by atoms with Crippen molar-refractivity contribution in [3.63, 3.8) is 0 Å². The molecule has 0 spiro atoms. The molecule has 344 valence electrons. The Bertz CT molecular complexity index is 3640. The van der Waals surface area contributed by atoms with Gasteiger partial charge in [-0.15, -0.1) is 0 Å². The maximum absolute atomic E-state index is 2.61. The van der Waals surface area contributed by atoms with E-state index in [-0.39, 0.29) is 11.5 Å². The Balaban J connectivity index is 0.00000256. The Labute approximate surface area is 419 Å². The average molecular weight is 915 g/mol. The summed E-state index contributed by atoms with van der Waals surface area (Å²) in [5.74, 6) is 0. The molecule has 10 aromatic carbocycles. The molecule has 71 heavy (non-hydrogen) atoms. The molecule has 0 fully saturated rings. The van der Waals surface area contributed by atoms with Crippen molar-refractivity contribution in [1.29, 1.82) is 0 Å². The highest BCUT2D eigenvalue weighted by Crippen LogP contribution is 2.58. The van der Waals surface area contributed by atoms with E-state index in [0.717, 1.165) is 17.8 Å². The number of fused-ring (bicyclic) bond motifs is 8. The third-order valence-electron chi connectivity index (χ3n) is 15.1. The minimum Gasteiger partial charge on any atom is -0.333 e. The second kappa shape index (κ2) is 17.6. The normalized spacial score (nSPS) is 15.0. The third-order valence-corrected chi connectivity index (χ3v) is 15.1. The van der Waals surface area contributed by atoms with Gasteiger partial charge in [-0.1, -0.05) is 217 Å². The summed E-state index contributed by atoms with van der Waals surface area (Å²) in [6.45, 7) is 10.8. The lowest BCUT2D eigenvalue weighted by Crippen LogP contribution is -2.30. The Morgan fingerprint density at radius 2 is 1.13 bits per heavy atom. The molecule has 2 aliphatic carbocycles. The van der Waals surface area contributed by atoms with Crippen molar-refractivity contribution in [3.8, 4) is 22.3 Å². The topological polar surface area (TPSA) is 6.48 Å². The second-order valence-corrected chi connectivity index (χ2v) is 20.0. The van der Waals surface area contributed by atoms with Gasteiger partial charge < -0.3 is 9.80 Å². The molecule has 3 aliphatic rings. The van der Waals surface area contributed by atoms with E-state index in [1.165, 1.54) is 99.8 Å². The standard InChI is InChI=1S/C67H52N2.C2H6/c1-66(2,3)50-33-36-53(37-34-50)68(63-28-16-18-45-17-10-11-23-56(45)63)54-35-31-47-41-46(29-30-48(47)42-54)49-32-40-65-60(43-49)59-25-13-15-27-64(59)69(65)55-38-39-58-57-24-12-14-26-61(57)67(62(58)44-55,51-19-6-4-7-20-51)52-21-8-5-9-22-52;1-2/h4-26,28-44,64H,27H2,1-3H3;1-2H3. The van der Waals surface area contributed by atoms with E-state index in [0.29, 0.717) is 0 Å². The molecule has 2 heteroatoms. The number of allylic oxidation sites excluding steroid dienone is 2. The van der Waals surface area contributed by atoms with Crippen molar-refractivity contribution >= 4 is 55.6 Å². The van der Waals surface area contributed by atoms with Crippen LogP contribution in [0.15, 0.2) is 243 Å². The van der Waals surface area contributed by atoms with Crippen molar-refractivity contribution < 1.29 is 0 Å². The lowest BCUT2D eigenvalue weighted by atomic mass is 9.67. The largest absolute Gasteiger partial charge is 0.333 e. The molecule has 2 nitrogen and oxygen atoms in total. The van der Waals surface area contributed by atoms with Gasteiger partial charge in [0.15, 0.2) is 0 Å². The number of nitrogens with zero attached hydrogens (tertiary/aromatic N) is 2. The molecule has 0 saturated heterocycles. The molecule has 0 aromatic heterocycles. The van der Waals surface area contributed by atoms with Gasteiger partial charge >= 0.3 is 0 Å². The molecule has 1 heterocycles. The molecule has 13 rings (SSSR count). The minimum atomic E-state index is -0.454. The number of hydrogen-bond acceptors (Lipinski definition) is 2. The van der Waals surface area contributed by atoms with E-state index >= 15 is 0 Å². The molecule has 10 aromatic rings. The zero-order valence-electron chi connectivity index (χ0n) is 41.3. The van der Waals surface area contributed by atoms with Crippen LogP contribution in [0.2, 0.25) is 0 Å². The van der Waals surface area contributed by atoms with E-state index in [1.807, 2.05) is 13.8 Å². The van der Waals surface area contributed by atoms with Crippen LogP contribution in [-0.2, 0) is 10.8 Å². The van der Waals surface area contributed by atoms with Crippen LogP contribution in [-0.4, -0.2) is 6.04 Å². The number of benzene rings is 10. The van der Waals surface area contributed by atoms with E-state index in [4.69, 9.17) is 0 Å². The fourth-order valence-electron chi connectivity index (χ4n) is 11.8. The van der Waals surface area contributed by atoms with E-state index in [9.17, 15) is 0 Å². The smallest absolute Gasteiger partial charge is 0.0714 e. The summed E-state index contributed by atoms with van der Waals surface area (Å²) in [5, 5.41) is 4.88. The van der Waals surface area contributed by atoms with Gasteiger partial charge in [0.1, 0.15) is 0 Å². The highest BCUT2D eigenvalue weighted by Gasteiger charge is 2.47. The van der Waals surface area contributed by atoms with Gasteiger partial charge in [0.25, 0.3) is 0 Å². The number of hydrogen-bond donors (Lipinski definition) is 0. The second-order valence-electron chi connectivity index (χ2n) is 20.0. The summed E-state index contributed by atoms with van der Waals surface area (Å²) in [6.07, 6.45) is 7.87. The Morgan fingerprint density at radius 1 is 0.493 bits per heavy atom. The zero-order valence-corrected chi connectivity index (χ0v) is 41.3. The van der Waals surface area contributed by atoms with Gasteiger partial charge in [-0.05, 0) is 144 Å². The van der Waals surface area contributed by atoms with Crippen LogP contribution in [0, 0.1) is 0 Å². The molecule has 1 unspecified atom stereocenters. The molecular weight excluding hydrogens is 857 g/mol. The molecule has 0 amide bonds. The first kappa shape index (κ1) is 44.0. The van der Waals surface area contributed by atoms with Crippen LogP contribution in [0.25, 0.3) is 49.4 Å². The van der Waals surface area contributed by atoms with Crippen molar-refractivity contribution in [2.24, 2.45) is 0 Å². The number of anilines is 5. The van der Waals surface area contributed by atoms with Crippen molar-refractivity contribution in [1.82, 2.24) is 0 Å². The minimum absolute atomic E-state index is 0.0724. The van der Waals surface area contributed by atoms with Gasteiger partial charge in [-0.2, -0.15) is 0 Å².